The van der Waals surface area contributed by atoms with Crippen LogP contribution in [0.4, 0.5) is 4.39 Å². The molecule has 2 unspecified atom stereocenters. The number of piperidine rings is 1. The molecular weight excluding hydrogens is 169 g/mol. The minimum absolute atomic E-state index is 0.495. The predicted octanol–water partition coefficient (Wildman–Crippen LogP) is -2.67. The number of aliphatic hydroxyl groups excluding tert-OH is 4. The second-order valence-corrected chi connectivity index (χ2v) is 2.83. The van der Waals surface area contributed by atoms with E-state index in [2.05, 4.69) is 5.32 Å². The van der Waals surface area contributed by atoms with Crippen molar-refractivity contribution in [3.63, 3.8) is 0 Å². The largest absolute Gasteiger partial charge is 0.395 e. The molecule has 0 saturated carbocycles. The number of hydrogen-bond donors (Lipinski definition) is 5. The Morgan fingerprint density at radius 2 is 1.75 bits per heavy atom. The fraction of sp³-hybridized carbons (Fsp3) is 1.00. The summed E-state index contributed by atoms with van der Waals surface area (Å²) in [6.45, 7) is -0.495. The summed E-state index contributed by atoms with van der Waals surface area (Å²) in [7, 11) is 0. The van der Waals surface area contributed by atoms with Crippen LogP contribution in [0.15, 0.2) is 0 Å². The van der Waals surface area contributed by atoms with E-state index in [-0.39, 0.29) is 0 Å². The fourth-order valence-electron chi connectivity index (χ4n) is 1.18. The highest BCUT2D eigenvalue weighted by atomic mass is 19.1. The van der Waals surface area contributed by atoms with Crippen LogP contribution < -0.4 is 5.32 Å². The quantitative estimate of drug-likeness (QED) is 0.304. The molecule has 72 valence electrons. The molecule has 0 aromatic heterocycles. The summed E-state index contributed by atoms with van der Waals surface area (Å²) in [5.41, 5.74) is 0. The Kier molecular flexibility index (Phi) is 2.97. The summed E-state index contributed by atoms with van der Waals surface area (Å²) in [4.78, 5) is 0. The lowest BCUT2D eigenvalue weighted by molar-refractivity contribution is -0.135. The minimum atomic E-state index is -1.93. The van der Waals surface area contributed by atoms with Crippen molar-refractivity contribution in [2.45, 2.75) is 30.6 Å². The highest BCUT2D eigenvalue weighted by Gasteiger charge is 2.42. The molecule has 6 heteroatoms. The molecule has 5 atom stereocenters. The lowest BCUT2D eigenvalue weighted by Crippen LogP contribution is -2.64. The Labute approximate surface area is 68.5 Å². The lowest BCUT2D eigenvalue weighted by atomic mass is 9.96. The van der Waals surface area contributed by atoms with E-state index in [1.807, 2.05) is 0 Å². The first kappa shape index (κ1) is 9.82. The molecule has 0 spiro atoms. The predicted molar refractivity (Wildman–Crippen MR) is 36.9 cm³/mol. The van der Waals surface area contributed by atoms with Crippen LogP contribution in [0.5, 0.6) is 0 Å². The first-order valence-corrected chi connectivity index (χ1v) is 3.63. The van der Waals surface area contributed by atoms with Gasteiger partial charge >= 0.3 is 0 Å². The Morgan fingerprint density at radius 1 is 1.17 bits per heavy atom. The van der Waals surface area contributed by atoms with Gasteiger partial charge in [-0.2, -0.15) is 0 Å². The normalized spacial score (nSPS) is 49.2. The van der Waals surface area contributed by atoms with Gasteiger partial charge in [0.1, 0.15) is 18.4 Å². The number of hydrogen-bond acceptors (Lipinski definition) is 5. The third-order valence-corrected chi connectivity index (χ3v) is 1.97. The number of rotatable bonds is 1. The van der Waals surface area contributed by atoms with Crippen LogP contribution in [0.1, 0.15) is 0 Å². The third kappa shape index (κ3) is 1.57. The molecule has 0 amide bonds. The Hall–Kier alpha value is -0.270. The zero-order valence-corrected chi connectivity index (χ0v) is 6.26. The molecule has 1 aliphatic heterocycles. The maximum atomic E-state index is 12.8. The zero-order chi connectivity index (χ0) is 9.30. The van der Waals surface area contributed by atoms with Crippen molar-refractivity contribution in [2.24, 2.45) is 0 Å². The van der Waals surface area contributed by atoms with Crippen molar-refractivity contribution >= 4 is 0 Å². The molecule has 0 aromatic rings. The zero-order valence-electron chi connectivity index (χ0n) is 6.26. The maximum absolute atomic E-state index is 12.8. The monoisotopic (exact) mass is 181 g/mol. The summed E-state index contributed by atoms with van der Waals surface area (Å²) in [6, 6.07) is -0.932. The molecule has 1 saturated heterocycles. The van der Waals surface area contributed by atoms with Gasteiger partial charge in [-0.05, 0) is 0 Å². The molecule has 5 N–H and O–H groups in total. The van der Waals surface area contributed by atoms with E-state index < -0.39 is 37.3 Å². The van der Waals surface area contributed by atoms with Gasteiger partial charge in [0.15, 0.2) is 6.17 Å². The highest BCUT2D eigenvalue weighted by molar-refractivity contribution is 4.94. The average Bonchev–Trinajstić information content (AvgIpc) is 2.08. The van der Waals surface area contributed by atoms with Gasteiger partial charge < -0.3 is 20.4 Å². The molecule has 0 aromatic carbocycles. The molecule has 0 aliphatic carbocycles. The van der Waals surface area contributed by atoms with Crippen molar-refractivity contribution in [3.05, 3.63) is 0 Å². The van der Waals surface area contributed by atoms with E-state index in [0.717, 1.165) is 0 Å². The first-order valence-electron chi connectivity index (χ1n) is 3.63. The topological polar surface area (TPSA) is 93.0 Å². The Balaban J connectivity index is 2.63. The van der Waals surface area contributed by atoms with Gasteiger partial charge in [0.25, 0.3) is 0 Å². The fourth-order valence-corrected chi connectivity index (χ4v) is 1.18. The molecule has 0 bridgehead atoms. The standard InChI is InChI=1S/C6H12FNO4/c7-3-4(10)2(1-9)8-6(12)5(3)11/h2-6,8-12H,1H2/t2-,3?,4-,5-,6?/m1/s1. The van der Waals surface area contributed by atoms with E-state index in [1.54, 1.807) is 0 Å². The minimum Gasteiger partial charge on any atom is -0.395 e. The number of nitrogens with one attached hydrogen (secondary N) is 1. The SMILES string of the molecule is OC[C@H]1NC(O)[C@H](O)C(F)[C@@H]1O. The van der Waals surface area contributed by atoms with Crippen LogP contribution in [0, 0.1) is 0 Å². The van der Waals surface area contributed by atoms with Crippen LogP contribution >= 0.6 is 0 Å². The van der Waals surface area contributed by atoms with Gasteiger partial charge in [-0.1, -0.05) is 0 Å². The number of halogens is 1. The number of aliphatic hydroxyl groups is 4. The van der Waals surface area contributed by atoms with Crippen LogP contribution in [0.2, 0.25) is 0 Å². The Bertz CT molecular complexity index is 154. The molecular formula is C6H12FNO4. The molecule has 1 aliphatic rings. The van der Waals surface area contributed by atoms with Gasteiger partial charge in [0.05, 0.1) is 12.6 Å². The van der Waals surface area contributed by atoms with Crippen LogP contribution in [0.3, 0.4) is 0 Å². The average molecular weight is 181 g/mol. The summed E-state index contributed by atoms with van der Waals surface area (Å²) >= 11 is 0. The van der Waals surface area contributed by atoms with Crippen molar-refractivity contribution in [2.75, 3.05) is 6.61 Å². The van der Waals surface area contributed by atoms with E-state index in [9.17, 15) is 4.39 Å². The van der Waals surface area contributed by atoms with Gasteiger partial charge in [-0.15, -0.1) is 0 Å². The second-order valence-electron chi connectivity index (χ2n) is 2.83. The van der Waals surface area contributed by atoms with E-state index in [4.69, 9.17) is 20.4 Å². The van der Waals surface area contributed by atoms with Crippen molar-refractivity contribution in [3.8, 4) is 0 Å². The highest BCUT2D eigenvalue weighted by Crippen LogP contribution is 2.16. The lowest BCUT2D eigenvalue weighted by Gasteiger charge is -2.37. The van der Waals surface area contributed by atoms with Gasteiger partial charge in [-0.25, -0.2) is 4.39 Å². The van der Waals surface area contributed by atoms with Crippen LogP contribution in [0.25, 0.3) is 0 Å². The number of alkyl halides is 1. The molecule has 12 heavy (non-hydrogen) atoms. The third-order valence-electron chi connectivity index (χ3n) is 1.97. The Morgan fingerprint density at radius 3 is 2.25 bits per heavy atom. The van der Waals surface area contributed by atoms with Crippen LogP contribution in [-0.2, 0) is 0 Å². The smallest absolute Gasteiger partial charge is 0.157 e. The van der Waals surface area contributed by atoms with E-state index in [0.29, 0.717) is 0 Å². The maximum Gasteiger partial charge on any atom is 0.157 e. The van der Waals surface area contributed by atoms with Gasteiger partial charge in [-0.3, -0.25) is 5.32 Å². The first-order chi connectivity index (χ1) is 5.57. The molecule has 1 fully saturated rings. The van der Waals surface area contributed by atoms with Gasteiger partial charge in [0.2, 0.25) is 0 Å². The van der Waals surface area contributed by atoms with E-state index >= 15 is 0 Å². The van der Waals surface area contributed by atoms with Gasteiger partial charge in [0, 0.05) is 0 Å². The summed E-state index contributed by atoms with van der Waals surface area (Å²) in [5.74, 6) is 0. The van der Waals surface area contributed by atoms with Crippen molar-refractivity contribution < 1.29 is 24.8 Å². The van der Waals surface area contributed by atoms with E-state index in [1.165, 1.54) is 0 Å². The summed E-state index contributed by atoms with van der Waals surface area (Å²) in [6.07, 6.45) is -6.52. The molecule has 5 nitrogen and oxygen atoms in total. The molecule has 1 heterocycles. The summed E-state index contributed by atoms with van der Waals surface area (Å²) < 4.78 is 12.8. The molecule has 0 radical (unpaired) electrons. The second kappa shape index (κ2) is 3.63. The van der Waals surface area contributed by atoms with Crippen LogP contribution in [-0.4, -0.2) is 57.7 Å². The van der Waals surface area contributed by atoms with Crippen molar-refractivity contribution in [1.82, 2.24) is 5.32 Å². The van der Waals surface area contributed by atoms with Crippen molar-refractivity contribution in [1.29, 1.82) is 0 Å². The summed E-state index contributed by atoms with van der Waals surface area (Å²) in [5, 5.41) is 37.8. The molecule has 1 rings (SSSR count).